The first-order chi connectivity index (χ1) is 11.6. The third-order valence-electron chi connectivity index (χ3n) is 3.99. The molecule has 1 fully saturated rings. The van der Waals surface area contributed by atoms with Gasteiger partial charge in [-0.05, 0) is 37.3 Å². The number of benzene rings is 1. The summed E-state index contributed by atoms with van der Waals surface area (Å²) in [7, 11) is 1.58. The Morgan fingerprint density at radius 1 is 1.38 bits per heavy atom. The van der Waals surface area contributed by atoms with Crippen LogP contribution in [0.15, 0.2) is 35.1 Å². The van der Waals surface area contributed by atoms with E-state index in [9.17, 15) is 9.59 Å². The first-order valence-electron chi connectivity index (χ1n) is 7.73. The van der Waals surface area contributed by atoms with Crippen LogP contribution in [0.5, 0.6) is 5.75 Å². The molecule has 0 aliphatic carbocycles. The Morgan fingerprint density at radius 2 is 2.12 bits per heavy atom. The van der Waals surface area contributed by atoms with Gasteiger partial charge < -0.3 is 19.4 Å². The number of aromatic nitrogens is 2. The van der Waals surface area contributed by atoms with E-state index in [-0.39, 0.29) is 17.6 Å². The molecule has 0 saturated carbocycles. The van der Waals surface area contributed by atoms with Gasteiger partial charge >= 0.3 is 5.69 Å². The van der Waals surface area contributed by atoms with Crippen molar-refractivity contribution >= 4 is 5.91 Å². The molecular weight excluding hydrogens is 310 g/mol. The topological polar surface area (TPSA) is 84.5 Å². The van der Waals surface area contributed by atoms with Crippen LogP contribution >= 0.6 is 0 Å². The van der Waals surface area contributed by atoms with E-state index in [0.717, 1.165) is 5.56 Å². The summed E-state index contributed by atoms with van der Waals surface area (Å²) in [6.07, 6.45) is 0. The zero-order valence-electron chi connectivity index (χ0n) is 13.6. The van der Waals surface area contributed by atoms with Crippen molar-refractivity contribution < 1.29 is 14.3 Å². The monoisotopic (exact) mass is 329 g/mol. The summed E-state index contributed by atoms with van der Waals surface area (Å²) < 4.78 is 10.5. The van der Waals surface area contributed by atoms with Gasteiger partial charge in [-0.1, -0.05) is 0 Å². The third kappa shape index (κ3) is 3.30. The molecule has 1 aliphatic rings. The van der Waals surface area contributed by atoms with E-state index < -0.39 is 5.69 Å². The van der Waals surface area contributed by atoms with Crippen molar-refractivity contribution in [1.29, 1.82) is 0 Å². The fourth-order valence-electron chi connectivity index (χ4n) is 2.67. The van der Waals surface area contributed by atoms with Gasteiger partial charge in [-0.2, -0.15) is 4.98 Å². The second-order valence-corrected chi connectivity index (χ2v) is 5.64. The van der Waals surface area contributed by atoms with Crippen LogP contribution in [0.4, 0.5) is 0 Å². The number of aromatic amines is 1. The molecule has 1 N–H and O–H groups in total. The molecule has 2 heterocycles. The number of nitrogens with one attached hydrogen (secondary N) is 1. The van der Waals surface area contributed by atoms with Crippen LogP contribution < -0.4 is 10.4 Å². The van der Waals surface area contributed by atoms with Crippen molar-refractivity contribution in [2.45, 2.75) is 13.0 Å². The molecule has 2 aromatic rings. The Balaban J connectivity index is 1.93. The number of carbonyl (C=O) groups excluding carboxylic acids is 1. The molecule has 1 saturated heterocycles. The average Bonchev–Trinajstić information content (AvgIpc) is 2.61. The number of morpholine rings is 1. The van der Waals surface area contributed by atoms with E-state index in [1.165, 1.54) is 0 Å². The maximum absolute atomic E-state index is 12.7. The molecule has 1 amide bonds. The Labute approximate surface area is 139 Å². The minimum Gasteiger partial charge on any atom is -0.497 e. The second kappa shape index (κ2) is 6.84. The molecular formula is C17H19N3O4. The second-order valence-electron chi connectivity index (χ2n) is 5.64. The Bertz CT molecular complexity index is 785. The van der Waals surface area contributed by atoms with Gasteiger partial charge in [0.2, 0.25) is 0 Å². The smallest absolute Gasteiger partial charge is 0.346 e. The highest BCUT2D eigenvalue weighted by Crippen LogP contribution is 2.21. The molecule has 126 valence electrons. The maximum atomic E-state index is 12.7. The van der Waals surface area contributed by atoms with Crippen LogP contribution in [-0.4, -0.2) is 53.7 Å². The molecule has 0 radical (unpaired) electrons. The van der Waals surface area contributed by atoms with Gasteiger partial charge in [0.25, 0.3) is 5.91 Å². The predicted octanol–water partition coefficient (Wildman–Crippen LogP) is 1.31. The van der Waals surface area contributed by atoms with E-state index in [4.69, 9.17) is 9.47 Å². The van der Waals surface area contributed by atoms with Crippen molar-refractivity contribution in [1.82, 2.24) is 14.9 Å². The zero-order chi connectivity index (χ0) is 17.1. The van der Waals surface area contributed by atoms with Crippen LogP contribution in [0.2, 0.25) is 0 Å². The number of amides is 1. The quantitative estimate of drug-likeness (QED) is 0.918. The molecule has 1 atom stereocenters. The number of ether oxygens (including phenoxy) is 2. The number of hydrogen-bond donors (Lipinski definition) is 1. The first-order valence-corrected chi connectivity index (χ1v) is 7.73. The molecule has 0 spiro atoms. The maximum Gasteiger partial charge on any atom is 0.346 e. The number of nitrogens with zero attached hydrogens (tertiary/aromatic N) is 2. The normalized spacial score (nSPS) is 17.6. The minimum absolute atomic E-state index is 0.0349. The Kier molecular flexibility index (Phi) is 4.61. The number of hydrogen-bond acceptors (Lipinski definition) is 5. The van der Waals surface area contributed by atoms with E-state index in [1.807, 2.05) is 6.92 Å². The van der Waals surface area contributed by atoms with Crippen LogP contribution in [0, 0.1) is 0 Å². The van der Waals surface area contributed by atoms with Crippen LogP contribution in [0.3, 0.4) is 0 Å². The highest BCUT2D eigenvalue weighted by molar-refractivity contribution is 5.93. The van der Waals surface area contributed by atoms with Crippen molar-refractivity contribution in [3.8, 4) is 17.0 Å². The Morgan fingerprint density at radius 3 is 2.79 bits per heavy atom. The highest BCUT2D eigenvalue weighted by Gasteiger charge is 2.25. The van der Waals surface area contributed by atoms with Crippen molar-refractivity contribution in [2.24, 2.45) is 0 Å². The summed E-state index contributed by atoms with van der Waals surface area (Å²) in [5.41, 5.74) is 0.874. The lowest BCUT2D eigenvalue weighted by molar-refractivity contribution is 0.00325. The fraction of sp³-hybridized carbons (Fsp3) is 0.353. The standard InChI is InChI=1S/C17H19N3O4/c1-11-10-24-8-7-20(11)16(21)15-9-14(18-17(22)19-15)12-3-5-13(23-2)6-4-12/h3-6,9,11H,7-8,10H2,1-2H3,(H,18,19,22). The van der Waals surface area contributed by atoms with Gasteiger partial charge in [-0.15, -0.1) is 0 Å². The SMILES string of the molecule is COc1ccc(-c2cc(C(=O)N3CCOCC3C)[nH]c(=O)n2)cc1. The largest absolute Gasteiger partial charge is 0.497 e. The summed E-state index contributed by atoms with van der Waals surface area (Å²) in [5, 5.41) is 0. The molecule has 7 heteroatoms. The summed E-state index contributed by atoms with van der Waals surface area (Å²) >= 11 is 0. The van der Waals surface area contributed by atoms with E-state index in [0.29, 0.717) is 31.2 Å². The van der Waals surface area contributed by atoms with Crippen LogP contribution in [-0.2, 0) is 4.74 Å². The van der Waals surface area contributed by atoms with Crippen molar-refractivity contribution in [2.75, 3.05) is 26.9 Å². The highest BCUT2D eigenvalue weighted by atomic mass is 16.5. The lowest BCUT2D eigenvalue weighted by Gasteiger charge is -2.33. The lowest BCUT2D eigenvalue weighted by atomic mass is 10.1. The van der Waals surface area contributed by atoms with E-state index in [2.05, 4.69) is 9.97 Å². The minimum atomic E-state index is -0.549. The molecule has 7 nitrogen and oxygen atoms in total. The average molecular weight is 329 g/mol. The first kappa shape index (κ1) is 16.2. The molecule has 1 unspecified atom stereocenters. The van der Waals surface area contributed by atoms with Gasteiger partial charge in [0.15, 0.2) is 0 Å². The summed E-state index contributed by atoms with van der Waals surface area (Å²) in [4.78, 5) is 32.8. The molecule has 1 aliphatic heterocycles. The van der Waals surface area contributed by atoms with E-state index >= 15 is 0 Å². The summed E-state index contributed by atoms with van der Waals surface area (Å²) in [5.74, 6) is 0.488. The fourth-order valence-corrected chi connectivity index (χ4v) is 2.67. The van der Waals surface area contributed by atoms with Gasteiger partial charge in [0.05, 0.1) is 32.1 Å². The van der Waals surface area contributed by atoms with Gasteiger partial charge in [0, 0.05) is 12.1 Å². The molecule has 24 heavy (non-hydrogen) atoms. The van der Waals surface area contributed by atoms with Gasteiger partial charge in [0.1, 0.15) is 11.4 Å². The van der Waals surface area contributed by atoms with Crippen LogP contribution in [0.25, 0.3) is 11.3 Å². The number of rotatable bonds is 3. The van der Waals surface area contributed by atoms with Crippen LogP contribution in [0.1, 0.15) is 17.4 Å². The number of H-pyrrole nitrogens is 1. The zero-order valence-corrected chi connectivity index (χ0v) is 13.6. The number of methoxy groups -OCH3 is 1. The Hall–Kier alpha value is -2.67. The lowest BCUT2D eigenvalue weighted by Crippen LogP contribution is -2.47. The van der Waals surface area contributed by atoms with E-state index in [1.54, 1.807) is 42.3 Å². The molecule has 1 aromatic carbocycles. The molecule has 1 aromatic heterocycles. The summed E-state index contributed by atoms with van der Waals surface area (Å²) in [6, 6.07) is 8.73. The van der Waals surface area contributed by atoms with Gasteiger partial charge in [-0.3, -0.25) is 4.79 Å². The number of carbonyl (C=O) groups is 1. The molecule has 0 bridgehead atoms. The summed E-state index contributed by atoms with van der Waals surface area (Å²) in [6.45, 7) is 3.41. The third-order valence-corrected chi connectivity index (χ3v) is 3.99. The van der Waals surface area contributed by atoms with Gasteiger partial charge in [-0.25, -0.2) is 4.79 Å². The van der Waals surface area contributed by atoms with Crippen molar-refractivity contribution in [3.63, 3.8) is 0 Å². The molecule has 3 rings (SSSR count). The predicted molar refractivity (Wildman–Crippen MR) is 88.2 cm³/mol. The van der Waals surface area contributed by atoms with Crippen molar-refractivity contribution in [3.05, 3.63) is 46.5 Å².